The van der Waals surface area contributed by atoms with Crippen LogP contribution in [-0.4, -0.2) is 25.2 Å². The summed E-state index contributed by atoms with van der Waals surface area (Å²) in [5.41, 5.74) is 4.58. The molecule has 0 aromatic heterocycles. The van der Waals surface area contributed by atoms with Crippen LogP contribution >= 0.6 is 0 Å². The van der Waals surface area contributed by atoms with Crippen molar-refractivity contribution in [2.24, 2.45) is 0 Å². The fourth-order valence-electron chi connectivity index (χ4n) is 1.30. The zero-order valence-electron chi connectivity index (χ0n) is 9.78. The van der Waals surface area contributed by atoms with Gasteiger partial charge in [-0.3, -0.25) is 4.79 Å². The van der Waals surface area contributed by atoms with Gasteiger partial charge in [0.1, 0.15) is 5.75 Å². The molecule has 8 heteroatoms. The highest BCUT2D eigenvalue weighted by Crippen LogP contribution is 2.29. The lowest BCUT2D eigenvalue weighted by molar-refractivity contribution is -0.274. The molecule has 0 saturated heterocycles. The maximum atomic E-state index is 12.2. The van der Waals surface area contributed by atoms with Crippen LogP contribution in [-0.2, 0) is 4.74 Å². The molecule has 0 amide bonds. The number of esters is 1. The predicted molar refractivity (Wildman–Crippen MR) is 58.9 cm³/mol. The Morgan fingerprint density at radius 3 is 2.53 bits per heavy atom. The van der Waals surface area contributed by atoms with Crippen LogP contribution in [0.3, 0.4) is 0 Å². The molecule has 0 unspecified atom stereocenters. The van der Waals surface area contributed by atoms with Crippen LogP contribution < -0.4 is 10.5 Å². The van der Waals surface area contributed by atoms with Gasteiger partial charge in [0, 0.05) is 5.69 Å². The van der Waals surface area contributed by atoms with Gasteiger partial charge >= 0.3 is 12.3 Å². The van der Waals surface area contributed by atoms with E-state index in [0.717, 1.165) is 12.1 Å². The molecule has 2 N–H and O–H groups in total. The van der Waals surface area contributed by atoms with Crippen molar-refractivity contribution in [3.63, 3.8) is 0 Å². The first-order valence-electron chi connectivity index (χ1n) is 5.10. The molecule has 0 aliphatic heterocycles. The SMILES string of the molecule is CCOC(=O)c1cc(OC(F)(F)F)c(C=O)cc1N. The van der Waals surface area contributed by atoms with E-state index in [9.17, 15) is 22.8 Å². The topological polar surface area (TPSA) is 78.6 Å². The van der Waals surface area contributed by atoms with E-state index >= 15 is 0 Å². The van der Waals surface area contributed by atoms with Gasteiger partial charge in [0.05, 0.1) is 17.7 Å². The molecule has 19 heavy (non-hydrogen) atoms. The minimum absolute atomic E-state index is 0.0309. The second-order valence-electron chi connectivity index (χ2n) is 3.36. The van der Waals surface area contributed by atoms with Crippen molar-refractivity contribution >= 4 is 17.9 Å². The number of alkyl halides is 3. The number of nitrogen functional groups attached to an aromatic ring is 1. The smallest absolute Gasteiger partial charge is 0.462 e. The van der Waals surface area contributed by atoms with Gasteiger partial charge in [0.2, 0.25) is 0 Å². The average Bonchev–Trinajstić information content (AvgIpc) is 2.29. The zero-order valence-corrected chi connectivity index (χ0v) is 9.78. The number of rotatable bonds is 4. The number of hydrogen-bond donors (Lipinski definition) is 1. The molecule has 0 spiro atoms. The summed E-state index contributed by atoms with van der Waals surface area (Å²) in [6.07, 6.45) is -4.84. The van der Waals surface area contributed by atoms with Crippen LogP contribution in [0.15, 0.2) is 12.1 Å². The number of ether oxygens (including phenoxy) is 2. The number of carbonyl (C=O) groups is 2. The number of aldehydes is 1. The Bertz CT molecular complexity index is 499. The monoisotopic (exact) mass is 277 g/mol. The molecular formula is C11H10F3NO4. The average molecular weight is 277 g/mol. The normalized spacial score (nSPS) is 10.9. The van der Waals surface area contributed by atoms with Crippen LogP contribution in [0.4, 0.5) is 18.9 Å². The molecule has 5 nitrogen and oxygen atoms in total. The molecule has 1 aromatic rings. The van der Waals surface area contributed by atoms with E-state index in [2.05, 4.69) is 9.47 Å². The van der Waals surface area contributed by atoms with Crippen LogP contribution in [0.25, 0.3) is 0 Å². The number of hydrogen-bond acceptors (Lipinski definition) is 5. The van der Waals surface area contributed by atoms with Gasteiger partial charge in [-0.05, 0) is 19.1 Å². The van der Waals surface area contributed by atoms with Crippen molar-refractivity contribution in [2.75, 3.05) is 12.3 Å². The van der Waals surface area contributed by atoms with Gasteiger partial charge in [0.25, 0.3) is 0 Å². The van der Waals surface area contributed by atoms with Crippen molar-refractivity contribution in [3.8, 4) is 5.75 Å². The molecule has 0 heterocycles. The Morgan fingerprint density at radius 2 is 2.05 bits per heavy atom. The highest BCUT2D eigenvalue weighted by Gasteiger charge is 2.33. The fourth-order valence-corrected chi connectivity index (χ4v) is 1.30. The number of carbonyl (C=O) groups excluding carboxylic acids is 2. The van der Waals surface area contributed by atoms with Crippen molar-refractivity contribution in [3.05, 3.63) is 23.3 Å². The summed E-state index contributed by atoms with van der Waals surface area (Å²) >= 11 is 0. The second-order valence-corrected chi connectivity index (χ2v) is 3.36. The summed E-state index contributed by atoms with van der Waals surface area (Å²) in [4.78, 5) is 22.1. The van der Waals surface area contributed by atoms with Crippen molar-refractivity contribution in [2.45, 2.75) is 13.3 Å². The molecule has 0 bridgehead atoms. The third kappa shape index (κ3) is 3.87. The maximum absolute atomic E-state index is 12.2. The maximum Gasteiger partial charge on any atom is 0.573 e. The van der Waals surface area contributed by atoms with E-state index in [1.54, 1.807) is 0 Å². The van der Waals surface area contributed by atoms with Crippen LogP contribution in [0.1, 0.15) is 27.6 Å². The molecule has 0 aliphatic rings. The van der Waals surface area contributed by atoms with E-state index < -0.39 is 23.6 Å². The first-order valence-corrected chi connectivity index (χ1v) is 5.10. The first kappa shape index (κ1) is 14.8. The molecule has 0 radical (unpaired) electrons. The van der Waals surface area contributed by atoms with Gasteiger partial charge in [-0.1, -0.05) is 0 Å². The van der Waals surface area contributed by atoms with Crippen LogP contribution in [0, 0.1) is 0 Å². The molecule has 0 fully saturated rings. The van der Waals surface area contributed by atoms with Crippen LogP contribution in [0.2, 0.25) is 0 Å². The van der Waals surface area contributed by atoms with E-state index in [4.69, 9.17) is 5.73 Å². The quantitative estimate of drug-likeness (QED) is 0.518. The molecular weight excluding hydrogens is 267 g/mol. The van der Waals surface area contributed by atoms with Crippen LogP contribution in [0.5, 0.6) is 5.75 Å². The molecule has 0 aliphatic carbocycles. The number of halogens is 3. The number of anilines is 1. The summed E-state index contributed by atoms with van der Waals surface area (Å²) in [5.74, 6) is -1.70. The van der Waals surface area contributed by atoms with Crippen molar-refractivity contribution in [1.82, 2.24) is 0 Å². The molecule has 1 rings (SSSR count). The summed E-state index contributed by atoms with van der Waals surface area (Å²) in [7, 11) is 0. The molecule has 1 aromatic carbocycles. The Kier molecular flexibility index (Phi) is 4.36. The first-order chi connectivity index (χ1) is 8.78. The van der Waals surface area contributed by atoms with Gasteiger partial charge in [-0.15, -0.1) is 13.2 Å². The lowest BCUT2D eigenvalue weighted by Gasteiger charge is -2.13. The fraction of sp³-hybridized carbons (Fsp3) is 0.273. The third-order valence-corrected chi connectivity index (χ3v) is 2.03. The minimum Gasteiger partial charge on any atom is -0.462 e. The van der Waals surface area contributed by atoms with Gasteiger partial charge in [-0.2, -0.15) is 0 Å². The highest BCUT2D eigenvalue weighted by atomic mass is 19.4. The standard InChI is InChI=1S/C11H10F3NO4/c1-2-18-10(17)7-4-9(19-11(12,13)14)6(5-16)3-8(7)15/h3-5H,2,15H2,1H3. The lowest BCUT2D eigenvalue weighted by atomic mass is 10.1. The summed E-state index contributed by atoms with van der Waals surface area (Å²) in [6, 6.07) is 1.64. The minimum atomic E-state index is -4.99. The zero-order chi connectivity index (χ0) is 14.6. The Labute approximate surface area is 106 Å². The highest BCUT2D eigenvalue weighted by molar-refractivity contribution is 5.97. The summed E-state index contributed by atoms with van der Waals surface area (Å²) in [6.45, 7) is 1.56. The van der Waals surface area contributed by atoms with Gasteiger partial charge in [0.15, 0.2) is 6.29 Å². The molecule has 104 valence electrons. The largest absolute Gasteiger partial charge is 0.573 e. The Balaban J connectivity index is 3.25. The van der Waals surface area contributed by atoms with Gasteiger partial charge < -0.3 is 15.2 Å². The van der Waals surface area contributed by atoms with E-state index in [-0.39, 0.29) is 24.1 Å². The van der Waals surface area contributed by atoms with Crippen molar-refractivity contribution < 1.29 is 32.2 Å². The second kappa shape index (κ2) is 5.59. The predicted octanol–water partition coefficient (Wildman–Crippen LogP) is 2.16. The third-order valence-electron chi connectivity index (χ3n) is 2.03. The molecule has 0 atom stereocenters. The van der Waals surface area contributed by atoms with Crippen molar-refractivity contribution in [1.29, 1.82) is 0 Å². The summed E-state index contributed by atoms with van der Waals surface area (Å²) < 4.78 is 44.7. The molecule has 0 saturated carbocycles. The van der Waals surface area contributed by atoms with E-state index in [1.807, 2.05) is 0 Å². The number of benzene rings is 1. The lowest BCUT2D eigenvalue weighted by Crippen LogP contribution is -2.19. The Morgan fingerprint density at radius 1 is 1.42 bits per heavy atom. The van der Waals surface area contributed by atoms with E-state index in [1.165, 1.54) is 6.92 Å². The van der Waals surface area contributed by atoms with Gasteiger partial charge in [-0.25, -0.2) is 4.79 Å². The Hall–Kier alpha value is -2.25. The summed E-state index contributed by atoms with van der Waals surface area (Å²) in [5, 5.41) is 0. The van der Waals surface area contributed by atoms with E-state index in [0.29, 0.717) is 0 Å². The number of nitrogens with two attached hydrogens (primary N) is 1.